The van der Waals surface area contributed by atoms with Gasteiger partial charge in [0.1, 0.15) is 29.7 Å². The molecule has 10 heteroatoms. The molecule has 0 spiro atoms. The van der Waals surface area contributed by atoms with Gasteiger partial charge in [-0.15, -0.1) is 0 Å². The minimum absolute atomic E-state index is 0.100. The van der Waals surface area contributed by atoms with Crippen LogP contribution in [0.1, 0.15) is 27.4 Å². The molecule has 184 valence electrons. The summed E-state index contributed by atoms with van der Waals surface area (Å²) in [6, 6.07) is 15.2. The molecule has 36 heavy (non-hydrogen) atoms. The number of anilines is 1. The maximum atomic E-state index is 13.7. The largest absolute Gasteiger partial charge is 0.483 e. The van der Waals surface area contributed by atoms with E-state index in [0.717, 1.165) is 23.3 Å². The van der Waals surface area contributed by atoms with Crippen LogP contribution in [0.3, 0.4) is 0 Å². The number of nitrogens with one attached hydrogen (secondary N) is 1. The smallest absolute Gasteiger partial charge is 0.291 e. The highest BCUT2D eigenvalue weighted by atomic mass is 19.1. The number of carbonyl (C=O) groups excluding carboxylic acids is 1. The van der Waals surface area contributed by atoms with Gasteiger partial charge in [0.2, 0.25) is 0 Å². The highest BCUT2D eigenvalue weighted by Crippen LogP contribution is 2.32. The van der Waals surface area contributed by atoms with E-state index in [1.54, 1.807) is 6.07 Å². The summed E-state index contributed by atoms with van der Waals surface area (Å²) >= 11 is 0. The molecule has 1 heterocycles. The van der Waals surface area contributed by atoms with Gasteiger partial charge in [0.25, 0.3) is 11.6 Å². The highest BCUT2D eigenvalue weighted by Gasteiger charge is 2.17. The van der Waals surface area contributed by atoms with Crippen molar-refractivity contribution in [3.63, 3.8) is 0 Å². The fourth-order valence-electron chi connectivity index (χ4n) is 3.28. The number of ether oxygens (including phenoxy) is 2. The monoisotopic (exact) mass is 494 g/mol. The van der Waals surface area contributed by atoms with E-state index in [2.05, 4.69) is 5.32 Å². The van der Waals surface area contributed by atoms with Crippen LogP contribution in [0.2, 0.25) is 0 Å². The molecule has 0 aliphatic rings. The second-order valence-electron chi connectivity index (χ2n) is 7.93. The van der Waals surface area contributed by atoms with Crippen LogP contribution in [0.5, 0.6) is 17.2 Å². The Morgan fingerprint density at radius 3 is 2.56 bits per heavy atom. The normalized spacial score (nSPS) is 10.7. The van der Waals surface area contributed by atoms with Crippen molar-refractivity contribution in [1.82, 2.24) is 0 Å². The van der Waals surface area contributed by atoms with Crippen LogP contribution in [-0.4, -0.2) is 10.8 Å². The SMILES string of the molecule is Cc1ccc(C)c(Oc2cc(NC(=O)c3ccc(COc4ccc(F)cc4F)o3)cc([N+](=O)[O-])c2)c1. The molecule has 0 aliphatic heterocycles. The first kappa shape index (κ1) is 24.4. The summed E-state index contributed by atoms with van der Waals surface area (Å²) in [6.45, 7) is 3.53. The van der Waals surface area contributed by atoms with Crippen LogP contribution >= 0.6 is 0 Å². The third-order valence-corrected chi connectivity index (χ3v) is 5.08. The number of amides is 1. The van der Waals surface area contributed by atoms with Crippen molar-refractivity contribution in [3.05, 3.63) is 111 Å². The van der Waals surface area contributed by atoms with Crippen molar-refractivity contribution in [3.8, 4) is 17.2 Å². The highest BCUT2D eigenvalue weighted by molar-refractivity contribution is 6.02. The molecule has 8 nitrogen and oxygen atoms in total. The molecule has 0 saturated heterocycles. The van der Waals surface area contributed by atoms with Crippen LogP contribution < -0.4 is 14.8 Å². The van der Waals surface area contributed by atoms with Crippen molar-refractivity contribution < 1.29 is 32.4 Å². The molecule has 3 aromatic carbocycles. The maximum absolute atomic E-state index is 13.7. The molecule has 0 atom stereocenters. The molecule has 4 aromatic rings. The number of aryl methyl sites for hydroxylation is 2. The fourth-order valence-corrected chi connectivity index (χ4v) is 3.28. The first-order valence-corrected chi connectivity index (χ1v) is 10.7. The fraction of sp³-hybridized carbons (Fsp3) is 0.115. The molecule has 0 bridgehead atoms. The van der Waals surface area contributed by atoms with E-state index in [4.69, 9.17) is 13.9 Å². The number of benzene rings is 3. The Morgan fingerprint density at radius 1 is 1.00 bits per heavy atom. The summed E-state index contributed by atoms with van der Waals surface area (Å²) in [5, 5.41) is 14.0. The van der Waals surface area contributed by atoms with E-state index in [1.807, 2.05) is 26.0 Å². The second kappa shape index (κ2) is 10.3. The van der Waals surface area contributed by atoms with E-state index < -0.39 is 22.5 Å². The summed E-state index contributed by atoms with van der Waals surface area (Å²) in [4.78, 5) is 23.5. The molecule has 0 unspecified atom stereocenters. The van der Waals surface area contributed by atoms with E-state index >= 15 is 0 Å². The molecule has 0 saturated carbocycles. The van der Waals surface area contributed by atoms with Gasteiger partial charge in [0.05, 0.1) is 16.7 Å². The molecule has 0 fully saturated rings. The Hall–Kier alpha value is -4.73. The number of rotatable bonds is 8. The Bertz CT molecular complexity index is 1450. The number of nitrogens with zero attached hydrogens (tertiary/aromatic N) is 1. The molecule has 1 N–H and O–H groups in total. The molecule has 0 radical (unpaired) electrons. The minimum atomic E-state index is -0.871. The number of halogens is 2. The first-order chi connectivity index (χ1) is 17.2. The average Bonchev–Trinajstić information content (AvgIpc) is 3.30. The van der Waals surface area contributed by atoms with Gasteiger partial charge in [0.15, 0.2) is 17.3 Å². The standard InChI is InChI=1S/C26H20F2N2O6/c1-15-3-4-16(2)25(9-15)36-21-12-18(11-19(13-21)30(32)33)29-26(31)24-8-6-20(35-24)14-34-23-7-5-17(27)10-22(23)28/h3-13H,14H2,1-2H3,(H,29,31). The summed E-state index contributed by atoms with van der Waals surface area (Å²) in [5.74, 6) is -1.65. The van der Waals surface area contributed by atoms with Crippen LogP contribution in [0.15, 0.2) is 71.1 Å². The van der Waals surface area contributed by atoms with Crippen molar-refractivity contribution in [2.24, 2.45) is 0 Å². The van der Waals surface area contributed by atoms with Gasteiger partial charge in [-0.05, 0) is 55.3 Å². The van der Waals surface area contributed by atoms with Crippen molar-refractivity contribution >= 4 is 17.3 Å². The number of nitro groups is 1. The van der Waals surface area contributed by atoms with Gasteiger partial charge in [-0.2, -0.15) is 0 Å². The van der Waals surface area contributed by atoms with E-state index in [0.29, 0.717) is 11.8 Å². The summed E-state index contributed by atoms with van der Waals surface area (Å²) in [7, 11) is 0. The summed E-state index contributed by atoms with van der Waals surface area (Å²) < 4.78 is 43.3. The summed E-state index contributed by atoms with van der Waals surface area (Å²) in [5.41, 5.74) is 1.64. The zero-order valence-electron chi connectivity index (χ0n) is 19.2. The number of hydrogen-bond acceptors (Lipinski definition) is 6. The lowest BCUT2D eigenvalue weighted by Crippen LogP contribution is -2.11. The maximum Gasteiger partial charge on any atom is 0.291 e. The van der Waals surface area contributed by atoms with Gasteiger partial charge >= 0.3 is 0 Å². The number of hydrogen-bond donors (Lipinski definition) is 1. The van der Waals surface area contributed by atoms with Crippen molar-refractivity contribution in [2.75, 3.05) is 5.32 Å². The quantitative estimate of drug-likeness (QED) is 0.216. The van der Waals surface area contributed by atoms with Gasteiger partial charge in [0, 0.05) is 18.2 Å². The van der Waals surface area contributed by atoms with E-state index in [1.165, 1.54) is 30.3 Å². The lowest BCUT2D eigenvalue weighted by Gasteiger charge is -2.11. The summed E-state index contributed by atoms with van der Waals surface area (Å²) in [6.07, 6.45) is 0. The van der Waals surface area contributed by atoms with Crippen LogP contribution in [0.25, 0.3) is 0 Å². The second-order valence-corrected chi connectivity index (χ2v) is 7.93. The molecule has 4 rings (SSSR count). The topological polar surface area (TPSA) is 104 Å². The van der Waals surface area contributed by atoms with Gasteiger partial charge in [-0.3, -0.25) is 14.9 Å². The molecule has 1 aromatic heterocycles. The Kier molecular flexibility index (Phi) is 6.95. The predicted molar refractivity (Wildman–Crippen MR) is 126 cm³/mol. The number of non-ortho nitro benzene ring substituents is 1. The number of nitro benzene ring substituents is 1. The zero-order chi connectivity index (χ0) is 25.8. The Morgan fingerprint density at radius 2 is 1.81 bits per heavy atom. The van der Waals surface area contributed by atoms with Crippen LogP contribution in [0.4, 0.5) is 20.2 Å². The van der Waals surface area contributed by atoms with Gasteiger partial charge in [-0.25, -0.2) is 8.78 Å². The van der Waals surface area contributed by atoms with E-state index in [9.17, 15) is 23.7 Å². The van der Waals surface area contributed by atoms with Gasteiger partial charge < -0.3 is 19.2 Å². The average molecular weight is 494 g/mol. The van der Waals surface area contributed by atoms with Crippen LogP contribution in [-0.2, 0) is 6.61 Å². The lowest BCUT2D eigenvalue weighted by atomic mass is 10.1. The zero-order valence-corrected chi connectivity index (χ0v) is 19.2. The predicted octanol–water partition coefficient (Wildman–Crippen LogP) is 6.71. The van der Waals surface area contributed by atoms with Crippen molar-refractivity contribution in [1.29, 1.82) is 0 Å². The molecular formula is C26H20F2N2O6. The minimum Gasteiger partial charge on any atom is -0.483 e. The van der Waals surface area contributed by atoms with E-state index in [-0.39, 0.29) is 41.0 Å². The van der Waals surface area contributed by atoms with Gasteiger partial charge in [-0.1, -0.05) is 12.1 Å². The Labute approximate surface area is 204 Å². The number of furan rings is 1. The lowest BCUT2D eigenvalue weighted by molar-refractivity contribution is -0.384. The van der Waals surface area contributed by atoms with Crippen LogP contribution in [0, 0.1) is 35.6 Å². The first-order valence-electron chi connectivity index (χ1n) is 10.7. The third-order valence-electron chi connectivity index (χ3n) is 5.08. The molecule has 1 amide bonds. The van der Waals surface area contributed by atoms with Crippen molar-refractivity contribution in [2.45, 2.75) is 20.5 Å². The number of carbonyl (C=O) groups is 1. The molecule has 0 aliphatic carbocycles. The Balaban J connectivity index is 1.48. The third kappa shape index (κ3) is 5.84. The molecular weight excluding hydrogens is 474 g/mol.